The Labute approximate surface area is 140 Å². The van der Waals surface area contributed by atoms with Crippen LogP contribution in [0.3, 0.4) is 0 Å². The molecule has 0 bridgehead atoms. The minimum absolute atomic E-state index is 0.0391. The zero-order valence-electron chi connectivity index (χ0n) is 15.7. The van der Waals surface area contributed by atoms with Crippen molar-refractivity contribution in [3.05, 3.63) is 0 Å². The molecule has 3 atom stereocenters. The first-order valence-electron chi connectivity index (χ1n) is 8.09. The van der Waals surface area contributed by atoms with Crippen LogP contribution in [0.5, 0.6) is 0 Å². The summed E-state index contributed by atoms with van der Waals surface area (Å²) in [5, 5.41) is 2.88. The Bertz CT molecular complexity index is 334. The molecule has 0 aromatic carbocycles. The highest BCUT2D eigenvalue weighted by atomic mass is 16.6. The zero-order chi connectivity index (χ0) is 18.0. The number of hydrogen-bond acceptors (Lipinski definition) is 6. The maximum Gasteiger partial charge on any atom is 0.407 e. The lowest BCUT2D eigenvalue weighted by Gasteiger charge is -2.39. The van der Waals surface area contributed by atoms with Gasteiger partial charge in [0.15, 0.2) is 0 Å². The van der Waals surface area contributed by atoms with Gasteiger partial charge in [0.25, 0.3) is 0 Å². The predicted octanol–water partition coefficient (Wildman–Crippen LogP) is 1.21. The van der Waals surface area contributed by atoms with Gasteiger partial charge in [0.05, 0.1) is 13.2 Å². The van der Waals surface area contributed by atoms with Crippen LogP contribution in [0.1, 0.15) is 34.6 Å². The highest BCUT2D eigenvalue weighted by molar-refractivity contribution is 5.68. The second-order valence-electron chi connectivity index (χ2n) is 6.77. The molecule has 3 unspecified atom stereocenters. The van der Waals surface area contributed by atoms with Gasteiger partial charge in [-0.15, -0.1) is 0 Å². The number of amides is 1. The van der Waals surface area contributed by atoms with Crippen molar-refractivity contribution >= 4 is 6.09 Å². The Hall–Kier alpha value is -0.890. The third-order valence-corrected chi connectivity index (χ3v) is 3.52. The van der Waals surface area contributed by atoms with Crippen LogP contribution < -0.4 is 11.1 Å². The van der Waals surface area contributed by atoms with Gasteiger partial charge in [-0.25, -0.2) is 4.79 Å². The molecule has 3 N–H and O–H groups in total. The van der Waals surface area contributed by atoms with E-state index in [0.29, 0.717) is 26.3 Å². The fourth-order valence-electron chi connectivity index (χ4n) is 2.46. The van der Waals surface area contributed by atoms with Crippen molar-refractivity contribution < 1.29 is 19.0 Å². The first kappa shape index (κ1) is 22.1. The third kappa shape index (κ3) is 9.10. The van der Waals surface area contributed by atoms with Gasteiger partial charge in [0, 0.05) is 45.4 Å². The van der Waals surface area contributed by atoms with Crippen LogP contribution in [0, 0.1) is 0 Å². The molecule has 0 aliphatic rings. The number of nitrogens with zero attached hydrogens (tertiary/aromatic N) is 1. The summed E-state index contributed by atoms with van der Waals surface area (Å²) in [5.41, 5.74) is 5.44. The topological polar surface area (TPSA) is 86.0 Å². The summed E-state index contributed by atoms with van der Waals surface area (Å²) in [6.45, 7) is 11.8. The minimum atomic E-state index is -0.527. The molecular weight excluding hydrogens is 298 g/mol. The molecule has 0 aromatic heterocycles. The van der Waals surface area contributed by atoms with Gasteiger partial charge in [-0.3, -0.25) is 4.90 Å². The lowest BCUT2D eigenvalue weighted by atomic mass is 10.1. The number of nitrogens with two attached hydrogens (primary N) is 1. The summed E-state index contributed by atoms with van der Waals surface area (Å²) in [5.74, 6) is 0. The molecule has 0 saturated heterocycles. The Kier molecular flexibility index (Phi) is 10.4. The number of carbonyl (C=O) groups excluding carboxylic acids is 1. The number of ether oxygens (including phenoxy) is 3. The Morgan fingerprint density at radius 3 is 2.26 bits per heavy atom. The first-order chi connectivity index (χ1) is 10.7. The van der Waals surface area contributed by atoms with E-state index in [1.54, 1.807) is 14.2 Å². The summed E-state index contributed by atoms with van der Waals surface area (Å²) >= 11 is 0. The van der Waals surface area contributed by atoms with Crippen molar-refractivity contribution in [1.29, 1.82) is 0 Å². The molecule has 0 rings (SSSR count). The van der Waals surface area contributed by atoms with Gasteiger partial charge in [0.1, 0.15) is 5.60 Å². The monoisotopic (exact) mass is 333 g/mol. The van der Waals surface area contributed by atoms with Crippen LogP contribution >= 0.6 is 0 Å². The molecule has 0 radical (unpaired) electrons. The van der Waals surface area contributed by atoms with Crippen LogP contribution in [0.25, 0.3) is 0 Å². The largest absolute Gasteiger partial charge is 0.444 e. The summed E-state index contributed by atoms with van der Waals surface area (Å²) < 4.78 is 15.8. The number of carbonyl (C=O) groups is 1. The second-order valence-corrected chi connectivity index (χ2v) is 6.77. The molecule has 7 heteroatoms. The molecule has 1 amide bonds. The average Bonchev–Trinajstić information content (AvgIpc) is 2.41. The molecule has 0 aliphatic heterocycles. The molecule has 138 valence electrons. The van der Waals surface area contributed by atoms with Gasteiger partial charge < -0.3 is 25.3 Å². The molecule has 0 aliphatic carbocycles. The SMILES string of the molecule is COCCN(C(C)COC)C(CN)C(C)NC(=O)OC(C)(C)C. The number of methoxy groups -OCH3 is 2. The standard InChI is InChI=1S/C16H35N3O4/c1-12(11-22-7)19(8-9-21-6)14(10-17)13(2)18-15(20)23-16(3,4)5/h12-14H,8-11,17H2,1-7H3,(H,18,20). The van der Waals surface area contributed by atoms with Gasteiger partial charge in [0.2, 0.25) is 0 Å². The smallest absolute Gasteiger partial charge is 0.407 e. The van der Waals surface area contributed by atoms with E-state index in [-0.39, 0.29) is 18.1 Å². The van der Waals surface area contributed by atoms with Gasteiger partial charge in [-0.2, -0.15) is 0 Å². The van der Waals surface area contributed by atoms with Crippen molar-refractivity contribution in [1.82, 2.24) is 10.2 Å². The predicted molar refractivity (Wildman–Crippen MR) is 91.6 cm³/mol. The maximum absolute atomic E-state index is 12.0. The normalized spacial score (nSPS) is 16.0. The Morgan fingerprint density at radius 2 is 1.83 bits per heavy atom. The Balaban J connectivity index is 4.89. The molecule has 0 heterocycles. The zero-order valence-corrected chi connectivity index (χ0v) is 15.7. The van der Waals surface area contributed by atoms with E-state index in [4.69, 9.17) is 19.9 Å². The molecule has 0 saturated carbocycles. The number of alkyl carbamates (subject to hydrolysis) is 1. The molecule has 0 spiro atoms. The van der Waals surface area contributed by atoms with Crippen molar-refractivity contribution in [2.45, 2.75) is 58.3 Å². The average molecular weight is 333 g/mol. The van der Waals surface area contributed by atoms with E-state index in [1.807, 2.05) is 27.7 Å². The highest BCUT2D eigenvalue weighted by Gasteiger charge is 2.29. The van der Waals surface area contributed by atoms with Crippen LogP contribution in [0.4, 0.5) is 4.79 Å². The van der Waals surface area contributed by atoms with E-state index >= 15 is 0 Å². The lowest BCUT2D eigenvalue weighted by molar-refractivity contribution is 0.0290. The summed E-state index contributed by atoms with van der Waals surface area (Å²) in [4.78, 5) is 14.2. The highest BCUT2D eigenvalue weighted by Crippen LogP contribution is 2.12. The van der Waals surface area contributed by atoms with E-state index in [9.17, 15) is 4.79 Å². The van der Waals surface area contributed by atoms with Crippen molar-refractivity contribution in [3.8, 4) is 0 Å². The molecule has 0 aromatic rings. The quantitative estimate of drug-likeness (QED) is 0.625. The van der Waals surface area contributed by atoms with E-state index < -0.39 is 11.7 Å². The number of nitrogens with one attached hydrogen (secondary N) is 1. The lowest BCUT2D eigenvalue weighted by Crippen LogP contribution is -2.58. The van der Waals surface area contributed by atoms with Crippen LogP contribution in [-0.4, -0.2) is 75.2 Å². The molecule has 7 nitrogen and oxygen atoms in total. The van der Waals surface area contributed by atoms with Crippen molar-refractivity contribution in [3.63, 3.8) is 0 Å². The van der Waals surface area contributed by atoms with E-state index in [1.165, 1.54) is 0 Å². The number of rotatable bonds is 10. The maximum atomic E-state index is 12.0. The third-order valence-electron chi connectivity index (χ3n) is 3.52. The molecule has 0 fully saturated rings. The van der Waals surface area contributed by atoms with Crippen LogP contribution in [-0.2, 0) is 14.2 Å². The van der Waals surface area contributed by atoms with Crippen LogP contribution in [0.15, 0.2) is 0 Å². The summed E-state index contributed by atoms with van der Waals surface area (Å²) in [6.07, 6.45) is -0.436. The van der Waals surface area contributed by atoms with Gasteiger partial charge >= 0.3 is 6.09 Å². The summed E-state index contributed by atoms with van der Waals surface area (Å²) in [6, 6.07) is -0.0413. The molecule has 23 heavy (non-hydrogen) atoms. The fourth-order valence-corrected chi connectivity index (χ4v) is 2.46. The van der Waals surface area contributed by atoms with E-state index in [2.05, 4.69) is 17.1 Å². The Morgan fingerprint density at radius 1 is 1.22 bits per heavy atom. The second kappa shape index (κ2) is 10.8. The van der Waals surface area contributed by atoms with Crippen LogP contribution in [0.2, 0.25) is 0 Å². The molecular formula is C16H35N3O4. The van der Waals surface area contributed by atoms with Gasteiger partial charge in [-0.05, 0) is 34.6 Å². The fraction of sp³-hybridized carbons (Fsp3) is 0.938. The number of hydrogen-bond donors (Lipinski definition) is 2. The first-order valence-corrected chi connectivity index (χ1v) is 8.09. The minimum Gasteiger partial charge on any atom is -0.444 e. The van der Waals surface area contributed by atoms with E-state index in [0.717, 1.165) is 0 Å². The van der Waals surface area contributed by atoms with Crippen molar-refractivity contribution in [2.75, 3.05) is 40.5 Å². The summed E-state index contributed by atoms with van der Waals surface area (Å²) in [7, 11) is 3.34. The van der Waals surface area contributed by atoms with Gasteiger partial charge in [-0.1, -0.05) is 0 Å². The van der Waals surface area contributed by atoms with Crippen molar-refractivity contribution in [2.24, 2.45) is 5.73 Å².